The summed E-state index contributed by atoms with van der Waals surface area (Å²) >= 11 is 1.59. The predicted octanol–water partition coefficient (Wildman–Crippen LogP) is 3.47. The van der Waals surface area contributed by atoms with Crippen LogP contribution in [0.3, 0.4) is 0 Å². The largest absolute Gasteiger partial charge is 0.391 e. The molecule has 2 aliphatic rings. The second-order valence-electron chi connectivity index (χ2n) is 13.6. The van der Waals surface area contributed by atoms with Crippen molar-refractivity contribution in [2.75, 3.05) is 39.3 Å². The van der Waals surface area contributed by atoms with Gasteiger partial charge in [-0.3, -0.25) is 14.4 Å². The van der Waals surface area contributed by atoms with Gasteiger partial charge >= 0.3 is 0 Å². The predicted molar refractivity (Wildman–Crippen MR) is 179 cm³/mol. The van der Waals surface area contributed by atoms with Gasteiger partial charge in [0.05, 0.1) is 22.2 Å². The summed E-state index contributed by atoms with van der Waals surface area (Å²) < 4.78 is 0. The number of aromatic nitrogens is 1. The Morgan fingerprint density at radius 2 is 1.76 bits per heavy atom. The lowest BCUT2D eigenvalue weighted by atomic mass is 9.85. The van der Waals surface area contributed by atoms with E-state index in [1.807, 2.05) is 57.5 Å². The van der Waals surface area contributed by atoms with Crippen molar-refractivity contribution in [1.82, 2.24) is 30.7 Å². The first-order chi connectivity index (χ1) is 21.5. The van der Waals surface area contributed by atoms with Crippen molar-refractivity contribution < 1.29 is 19.5 Å². The molecule has 0 saturated carbocycles. The molecule has 11 heteroatoms. The molecular formula is C34H52N6O4S. The molecule has 10 nitrogen and oxygen atoms in total. The highest BCUT2D eigenvalue weighted by molar-refractivity contribution is 7.13. The lowest BCUT2D eigenvalue weighted by Gasteiger charge is -2.35. The van der Waals surface area contributed by atoms with Crippen LogP contribution in [0.15, 0.2) is 29.8 Å². The van der Waals surface area contributed by atoms with Gasteiger partial charge in [0.1, 0.15) is 12.1 Å². The number of thiazole rings is 1. The van der Waals surface area contributed by atoms with Crippen molar-refractivity contribution in [2.24, 2.45) is 5.41 Å². The minimum atomic E-state index is -0.799. The Hall–Kier alpha value is -2.86. The van der Waals surface area contributed by atoms with Crippen molar-refractivity contribution in [3.8, 4) is 10.4 Å². The van der Waals surface area contributed by atoms with Crippen LogP contribution in [0, 0.1) is 12.3 Å². The first-order valence-electron chi connectivity index (χ1n) is 16.5. The van der Waals surface area contributed by atoms with E-state index in [-0.39, 0.29) is 30.7 Å². The fourth-order valence-electron chi connectivity index (χ4n) is 6.10. The highest BCUT2D eigenvalue weighted by Gasteiger charge is 2.44. The van der Waals surface area contributed by atoms with Gasteiger partial charge in [0.25, 0.3) is 0 Å². The molecule has 3 heterocycles. The summed E-state index contributed by atoms with van der Waals surface area (Å²) in [5, 5.41) is 19.8. The molecule has 3 atom stereocenters. The number of aliphatic hydroxyl groups excluding tert-OH is 1. The smallest absolute Gasteiger partial charge is 0.246 e. The number of hydrogen-bond acceptors (Lipinski definition) is 8. The second-order valence-corrected chi connectivity index (χ2v) is 14.4. The Morgan fingerprint density at radius 3 is 2.42 bits per heavy atom. The average Bonchev–Trinajstić information content (AvgIpc) is 3.63. The number of carbonyl (C=O) groups is 3. The maximum Gasteiger partial charge on any atom is 0.246 e. The first kappa shape index (κ1) is 35.0. The summed E-state index contributed by atoms with van der Waals surface area (Å²) in [6.45, 7) is 13.6. The fourth-order valence-corrected chi connectivity index (χ4v) is 6.91. The Balaban J connectivity index is 1.24. The number of rotatable bonds is 14. The summed E-state index contributed by atoms with van der Waals surface area (Å²) in [5.74, 6) is -0.787. The second kappa shape index (κ2) is 16.6. The van der Waals surface area contributed by atoms with Crippen LogP contribution in [-0.4, -0.2) is 95.1 Å². The molecule has 4 N–H and O–H groups in total. The van der Waals surface area contributed by atoms with Crippen LogP contribution in [0.2, 0.25) is 0 Å². The zero-order chi connectivity index (χ0) is 32.4. The number of piperazine rings is 1. The maximum absolute atomic E-state index is 13.8. The molecule has 1 aromatic heterocycles. The van der Waals surface area contributed by atoms with Gasteiger partial charge in [-0.1, -0.05) is 64.3 Å². The Morgan fingerprint density at radius 1 is 1.07 bits per heavy atom. The summed E-state index contributed by atoms with van der Waals surface area (Å²) in [6.07, 6.45) is 4.94. The molecular weight excluding hydrogens is 588 g/mol. The third-order valence-electron chi connectivity index (χ3n) is 8.80. The first-order valence-corrected chi connectivity index (χ1v) is 17.4. The fraction of sp³-hybridized carbons (Fsp3) is 0.647. The van der Waals surface area contributed by atoms with Crippen LogP contribution in [-0.2, 0) is 20.9 Å². The lowest BCUT2D eigenvalue weighted by Crippen LogP contribution is -2.57. The molecule has 0 aliphatic carbocycles. The molecule has 2 aromatic rings. The molecule has 2 saturated heterocycles. The topological polar surface area (TPSA) is 127 Å². The van der Waals surface area contributed by atoms with E-state index < -0.39 is 23.6 Å². The molecule has 0 spiro atoms. The van der Waals surface area contributed by atoms with Crippen LogP contribution in [0.25, 0.3) is 10.4 Å². The van der Waals surface area contributed by atoms with E-state index in [4.69, 9.17) is 0 Å². The van der Waals surface area contributed by atoms with Gasteiger partial charge in [0.2, 0.25) is 17.7 Å². The number of β-amino-alcohol motifs (C(OH)–C–C–N with tert-alkyl or cyclic N) is 1. The molecule has 2 aliphatic heterocycles. The zero-order valence-electron chi connectivity index (χ0n) is 27.4. The highest BCUT2D eigenvalue weighted by atomic mass is 32.1. The molecule has 0 bridgehead atoms. The quantitative estimate of drug-likeness (QED) is 0.233. The lowest BCUT2D eigenvalue weighted by molar-refractivity contribution is -0.144. The van der Waals surface area contributed by atoms with Crippen molar-refractivity contribution in [1.29, 1.82) is 0 Å². The number of nitrogens with zero attached hydrogens (tertiary/aromatic N) is 3. The van der Waals surface area contributed by atoms with E-state index in [0.29, 0.717) is 13.0 Å². The number of aryl methyl sites for hydroxylation is 1. The van der Waals surface area contributed by atoms with Gasteiger partial charge in [0.15, 0.2) is 0 Å². The van der Waals surface area contributed by atoms with E-state index >= 15 is 0 Å². The SMILES string of the molecule is Cc1ncsc1-c1ccc(CNC(=O)[C@@H]2C[C@@H](O)CN2C(=O)C(NC(=O)CCCCCCCN2CCNCC2)C(C)(C)C)cc1. The molecule has 1 unspecified atom stereocenters. The number of unbranched alkanes of at least 4 members (excludes halogenated alkanes) is 4. The highest BCUT2D eigenvalue weighted by Crippen LogP contribution is 2.28. The van der Waals surface area contributed by atoms with E-state index in [1.54, 1.807) is 11.3 Å². The van der Waals surface area contributed by atoms with Gasteiger partial charge < -0.3 is 30.9 Å². The van der Waals surface area contributed by atoms with Gasteiger partial charge in [0, 0.05) is 52.1 Å². The van der Waals surface area contributed by atoms with E-state index in [0.717, 1.165) is 80.1 Å². The number of hydrogen-bond donors (Lipinski definition) is 4. The summed E-state index contributed by atoms with van der Waals surface area (Å²) in [5.41, 5.74) is 4.27. The van der Waals surface area contributed by atoms with E-state index in [1.165, 1.54) is 11.3 Å². The van der Waals surface area contributed by atoms with E-state index in [9.17, 15) is 19.5 Å². The van der Waals surface area contributed by atoms with Gasteiger partial charge in [-0.2, -0.15) is 0 Å². The number of aliphatic hydroxyl groups is 1. The molecule has 2 fully saturated rings. The third kappa shape index (κ3) is 10.3. The Labute approximate surface area is 272 Å². The minimum Gasteiger partial charge on any atom is -0.391 e. The third-order valence-corrected chi connectivity index (χ3v) is 9.78. The van der Waals surface area contributed by atoms with E-state index in [2.05, 4.69) is 25.8 Å². The van der Waals surface area contributed by atoms with Crippen LogP contribution in [0.5, 0.6) is 0 Å². The van der Waals surface area contributed by atoms with Gasteiger partial charge in [-0.05, 0) is 42.9 Å². The molecule has 0 radical (unpaired) electrons. The van der Waals surface area contributed by atoms with Crippen molar-refractivity contribution in [3.05, 3.63) is 41.0 Å². The van der Waals surface area contributed by atoms with Gasteiger partial charge in [-0.25, -0.2) is 4.98 Å². The summed E-state index contributed by atoms with van der Waals surface area (Å²) in [7, 11) is 0. The summed E-state index contributed by atoms with van der Waals surface area (Å²) in [6, 6.07) is 6.38. The number of carbonyl (C=O) groups excluding carboxylic acids is 3. The minimum absolute atomic E-state index is 0.0657. The van der Waals surface area contributed by atoms with Crippen molar-refractivity contribution in [3.63, 3.8) is 0 Å². The van der Waals surface area contributed by atoms with Crippen LogP contribution < -0.4 is 16.0 Å². The molecule has 1 aromatic carbocycles. The molecule has 45 heavy (non-hydrogen) atoms. The van der Waals surface area contributed by atoms with Crippen molar-refractivity contribution in [2.45, 2.75) is 97.4 Å². The molecule has 4 rings (SSSR count). The Bertz CT molecular complexity index is 1250. The number of likely N-dealkylation sites (tertiary alicyclic amines) is 1. The normalized spacial score (nSPS) is 19.8. The number of benzene rings is 1. The monoisotopic (exact) mass is 640 g/mol. The average molecular weight is 641 g/mol. The van der Waals surface area contributed by atoms with Crippen LogP contribution >= 0.6 is 11.3 Å². The maximum atomic E-state index is 13.8. The number of amides is 3. The summed E-state index contributed by atoms with van der Waals surface area (Å²) in [4.78, 5) is 49.5. The van der Waals surface area contributed by atoms with Crippen LogP contribution in [0.1, 0.15) is 77.0 Å². The molecule has 248 valence electrons. The molecule has 3 amide bonds. The Kier molecular flexibility index (Phi) is 12.9. The van der Waals surface area contributed by atoms with Crippen molar-refractivity contribution >= 4 is 29.1 Å². The van der Waals surface area contributed by atoms with Gasteiger partial charge in [-0.15, -0.1) is 11.3 Å². The zero-order valence-corrected chi connectivity index (χ0v) is 28.3. The standard InChI is InChI=1S/C34H52N6O4S/c1-24-30(45-23-37-24)26-13-11-25(12-14-26)21-36-32(43)28-20-27(41)22-40(28)33(44)31(34(2,3)4)38-29(42)10-8-6-5-7-9-17-39-18-15-35-16-19-39/h11-14,23,27-28,31,35,41H,5-10,15-22H2,1-4H3,(H,36,43)(H,38,42)/t27-,28+,31?/m1/s1. The van der Waals surface area contributed by atoms with Crippen LogP contribution in [0.4, 0.5) is 0 Å². The number of nitrogens with one attached hydrogen (secondary N) is 3.